The molecule has 0 aromatic heterocycles. The average Bonchev–Trinajstić information content (AvgIpc) is 2.51. The van der Waals surface area contributed by atoms with Gasteiger partial charge >= 0.3 is 0 Å². The van der Waals surface area contributed by atoms with E-state index in [2.05, 4.69) is 19.9 Å². The number of benzene rings is 3. The molecule has 0 unspecified atom stereocenters. The number of aryl methyl sites for hydroxylation is 3. The summed E-state index contributed by atoms with van der Waals surface area (Å²) in [6.07, 6.45) is 0. The second-order valence-electron chi connectivity index (χ2n) is 5.74. The van der Waals surface area contributed by atoms with E-state index in [1.807, 2.05) is 67.6 Å². The predicted octanol–water partition coefficient (Wildman–Crippen LogP) is 6.20. The molecule has 2 heteroatoms. The zero-order valence-electron chi connectivity index (χ0n) is 13.7. The van der Waals surface area contributed by atoms with Gasteiger partial charge < -0.3 is 9.47 Å². The first-order valence-corrected chi connectivity index (χ1v) is 7.70. The van der Waals surface area contributed by atoms with Gasteiger partial charge in [0.2, 0.25) is 0 Å². The summed E-state index contributed by atoms with van der Waals surface area (Å²) in [5.41, 5.74) is 3.65. The Balaban J connectivity index is 1.78. The van der Waals surface area contributed by atoms with Crippen LogP contribution in [-0.2, 0) is 0 Å². The molecule has 0 aliphatic carbocycles. The van der Waals surface area contributed by atoms with Gasteiger partial charge in [-0.25, -0.2) is 0 Å². The van der Waals surface area contributed by atoms with Crippen LogP contribution in [0.25, 0.3) is 0 Å². The fraction of sp³-hybridized carbons (Fsp3) is 0.143. The third-order valence-corrected chi connectivity index (χ3v) is 3.74. The number of hydrogen-bond acceptors (Lipinski definition) is 2. The Morgan fingerprint density at radius 2 is 1.09 bits per heavy atom. The molecule has 0 amide bonds. The van der Waals surface area contributed by atoms with Crippen molar-refractivity contribution in [1.82, 2.24) is 0 Å². The Bertz CT molecular complexity index is 822. The maximum absolute atomic E-state index is 5.94. The molecule has 0 fully saturated rings. The number of hydrogen-bond donors (Lipinski definition) is 0. The van der Waals surface area contributed by atoms with Gasteiger partial charge in [-0.05, 0) is 73.9 Å². The van der Waals surface area contributed by atoms with Crippen LogP contribution in [0.2, 0.25) is 0 Å². The number of rotatable bonds is 4. The molecule has 0 heterocycles. The van der Waals surface area contributed by atoms with E-state index < -0.39 is 0 Å². The molecule has 0 aliphatic rings. The van der Waals surface area contributed by atoms with Crippen molar-refractivity contribution in [2.24, 2.45) is 0 Å². The Labute approximate surface area is 137 Å². The van der Waals surface area contributed by atoms with Crippen LogP contribution in [0, 0.1) is 20.8 Å². The van der Waals surface area contributed by atoms with Crippen LogP contribution in [-0.4, -0.2) is 0 Å². The van der Waals surface area contributed by atoms with E-state index >= 15 is 0 Å². The molecular formula is C21H20O2. The predicted molar refractivity (Wildman–Crippen MR) is 93.7 cm³/mol. The van der Waals surface area contributed by atoms with Crippen molar-refractivity contribution in [3.63, 3.8) is 0 Å². The third kappa shape index (κ3) is 3.92. The highest BCUT2D eigenvalue weighted by Gasteiger charge is 2.03. The van der Waals surface area contributed by atoms with E-state index in [1.165, 1.54) is 16.7 Å². The van der Waals surface area contributed by atoms with Crippen LogP contribution in [0.3, 0.4) is 0 Å². The van der Waals surface area contributed by atoms with Gasteiger partial charge in [0.1, 0.15) is 23.0 Å². The lowest BCUT2D eigenvalue weighted by molar-refractivity contribution is 0.460. The average molecular weight is 304 g/mol. The molecule has 0 bridgehead atoms. The van der Waals surface area contributed by atoms with Crippen molar-refractivity contribution in [2.75, 3.05) is 0 Å². The van der Waals surface area contributed by atoms with Crippen molar-refractivity contribution in [2.45, 2.75) is 20.8 Å². The summed E-state index contributed by atoms with van der Waals surface area (Å²) in [5.74, 6) is 3.18. The fourth-order valence-electron chi connectivity index (χ4n) is 2.33. The van der Waals surface area contributed by atoms with Gasteiger partial charge in [-0.3, -0.25) is 0 Å². The zero-order valence-corrected chi connectivity index (χ0v) is 13.7. The number of ether oxygens (including phenoxy) is 2. The first-order chi connectivity index (χ1) is 11.1. The van der Waals surface area contributed by atoms with Gasteiger partial charge in [0.15, 0.2) is 0 Å². The molecule has 0 radical (unpaired) electrons. The molecule has 2 nitrogen and oxygen atoms in total. The van der Waals surface area contributed by atoms with Crippen molar-refractivity contribution < 1.29 is 9.47 Å². The molecule has 3 rings (SSSR count). The summed E-state index contributed by atoms with van der Waals surface area (Å²) < 4.78 is 11.8. The summed E-state index contributed by atoms with van der Waals surface area (Å²) in [4.78, 5) is 0. The lowest BCUT2D eigenvalue weighted by Gasteiger charge is -2.10. The first-order valence-electron chi connectivity index (χ1n) is 7.70. The topological polar surface area (TPSA) is 18.5 Å². The van der Waals surface area contributed by atoms with Crippen LogP contribution in [0.15, 0.2) is 66.7 Å². The minimum Gasteiger partial charge on any atom is -0.457 e. The van der Waals surface area contributed by atoms with E-state index in [4.69, 9.17) is 9.47 Å². The Kier molecular flexibility index (Phi) is 4.33. The van der Waals surface area contributed by atoms with E-state index in [9.17, 15) is 0 Å². The monoisotopic (exact) mass is 304 g/mol. The van der Waals surface area contributed by atoms with E-state index in [0.29, 0.717) is 0 Å². The maximum Gasteiger partial charge on any atom is 0.131 e. The minimum absolute atomic E-state index is 0.761. The second-order valence-corrected chi connectivity index (χ2v) is 5.74. The summed E-state index contributed by atoms with van der Waals surface area (Å²) >= 11 is 0. The molecule has 0 saturated heterocycles. The van der Waals surface area contributed by atoms with Gasteiger partial charge in [-0.2, -0.15) is 0 Å². The molecule has 0 spiro atoms. The Hall–Kier alpha value is -2.74. The molecular weight excluding hydrogens is 284 g/mol. The van der Waals surface area contributed by atoms with E-state index in [1.54, 1.807) is 0 Å². The van der Waals surface area contributed by atoms with Gasteiger partial charge in [-0.1, -0.05) is 24.3 Å². The molecule has 0 N–H and O–H groups in total. The molecule has 0 aliphatic heterocycles. The zero-order chi connectivity index (χ0) is 16.2. The maximum atomic E-state index is 5.94. The van der Waals surface area contributed by atoms with Crippen molar-refractivity contribution in [1.29, 1.82) is 0 Å². The summed E-state index contributed by atoms with van der Waals surface area (Å²) in [5, 5.41) is 0. The van der Waals surface area contributed by atoms with Crippen molar-refractivity contribution >= 4 is 0 Å². The van der Waals surface area contributed by atoms with Crippen LogP contribution < -0.4 is 9.47 Å². The second kappa shape index (κ2) is 6.57. The van der Waals surface area contributed by atoms with Crippen LogP contribution in [0.4, 0.5) is 0 Å². The smallest absolute Gasteiger partial charge is 0.131 e. The third-order valence-electron chi connectivity index (χ3n) is 3.74. The minimum atomic E-state index is 0.761. The SMILES string of the molecule is Cc1cccc(Oc2cccc(Oc3ccc(C)c(C)c3)c2)c1. The van der Waals surface area contributed by atoms with Crippen LogP contribution >= 0.6 is 0 Å². The summed E-state index contributed by atoms with van der Waals surface area (Å²) in [6, 6.07) is 21.8. The van der Waals surface area contributed by atoms with Crippen molar-refractivity contribution in [3.05, 3.63) is 83.4 Å². The Morgan fingerprint density at radius 3 is 1.70 bits per heavy atom. The van der Waals surface area contributed by atoms with E-state index in [-0.39, 0.29) is 0 Å². The molecule has 116 valence electrons. The lowest BCUT2D eigenvalue weighted by Crippen LogP contribution is -1.89. The van der Waals surface area contributed by atoms with E-state index in [0.717, 1.165) is 23.0 Å². The largest absolute Gasteiger partial charge is 0.457 e. The molecule has 23 heavy (non-hydrogen) atoms. The van der Waals surface area contributed by atoms with Gasteiger partial charge in [0.05, 0.1) is 0 Å². The standard InChI is InChI=1S/C21H20O2/c1-15-6-4-7-18(12-15)22-19-8-5-9-20(14-19)23-21-11-10-16(2)17(3)13-21/h4-14H,1-3H3. The van der Waals surface area contributed by atoms with Gasteiger partial charge in [-0.15, -0.1) is 0 Å². The normalized spacial score (nSPS) is 10.4. The van der Waals surface area contributed by atoms with Crippen molar-refractivity contribution in [3.8, 4) is 23.0 Å². The lowest BCUT2D eigenvalue weighted by atomic mass is 10.1. The molecule has 3 aromatic rings. The van der Waals surface area contributed by atoms with Gasteiger partial charge in [0, 0.05) is 6.07 Å². The first kappa shape index (κ1) is 15.2. The summed E-state index contributed by atoms with van der Waals surface area (Å²) in [6.45, 7) is 6.22. The van der Waals surface area contributed by atoms with Crippen LogP contribution in [0.1, 0.15) is 16.7 Å². The molecule has 0 saturated carbocycles. The fourth-order valence-corrected chi connectivity index (χ4v) is 2.33. The van der Waals surface area contributed by atoms with Gasteiger partial charge in [0.25, 0.3) is 0 Å². The Morgan fingerprint density at radius 1 is 0.522 bits per heavy atom. The molecule has 3 aromatic carbocycles. The quantitative estimate of drug-likeness (QED) is 0.571. The van der Waals surface area contributed by atoms with Crippen LogP contribution in [0.5, 0.6) is 23.0 Å². The highest BCUT2D eigenvalue weighted by molar-refractivity contribution is 5.41. The highest BCUT2D eigenvalue weighted by atomic mass is 16.5. The summed E-state index contributed by atoms with van der Waals surface area (Å²) in [7, 11) is 0. The highest BCUT2D eigenvalue weighted by Crippen LogP contribution is 2.29. The molecule has 0 atom stereocenters.